The number of hydrogen-bond acceptors (Lipinski definition) is 4. The summed E-state index contributed by atoms with van der Waals surface area (Å²) >= 11 is 0. The van der Waals surface area contributed by atoms with Crippen molar-refractivity contribution in [2.24, 2.45) is 0 Å². The standard InChI is InChI=1S/C13H13N3O4S/c17-13(18)12-11-4-2-1-3-9(11)5-6-16(12)21(19,20)10-7-14-15-8-10/h1-4,7-8,12H,5-6H2,(H,14,15)(H,17,18). The number of H-pyrrole nitrogens is 1. The third kappa shape index (κ3) is 2.22. The molecule has 21 heavy (non-hydrogen) atoms. The summed E-state index contributed by atoms with van der Waals surface area (Å²) in [7, 11) is -3.90. The van der Waals surface area contributed by atoms with Crippen LogP contribution in [0.25, 0.3) is 0 Å². The Morgan fingerprint density at radius 1 is 1.38 bits per heavy atom. The van der Waals surface area contributed by atoms with Crippen molar-refractivity contribution < 1.29 is 18.3 Å². The van der Waals surface area contributed by atoms with Crippen molar-refractivity contribution in [1.82, 2.24) is 14.5 Å². The number of fused-ring (bicyclic) bond motifs is 1. The van der Waals surface area contributed by atoms with E-state index < -0.39 is 22.0 Å². The number of nitrogens with one attached hydrogen (secondary N) is 1. The predicted molar refractivity (Wildman–Crippen MR) is 73.0 cm³/mol. The zero-order valence-corrected chi connectivity index (χ0v) is 11.7. The van der Waals surface area contributed by atoms with Crippen LogP contribution in [0, 0.1) is 0 Å². The van der Waals surface area contributed by atoms with Gasteiger partial charge in [-0.15, -0.1) is 0 Å². The zero-order valence-electron chi connectivity index (χ0n) is 10.9. The summed E-state index contributed by atoms with van der Waals surface area (Å²) in [5.74, 6) is -1.19. The molecule has 1 aromatic heterocycles. The van der Waals surface area contributed by atoms with E-state index in [9.17, 15) is 18.3 Å². The van der Waals surface area contributed by atoms with Crippen molar-refractivity contribution in [2.45, 2.75) is 17.4 Å². The van der Waals surface area contributed by atoms with Crippen LogP contribution in [0.2, 0.25) is 0 Å². The van der Waals surface area contributed by atoms with Crippen LogP contribution in [0.4, 0.5) is 0 Å². The normalized spacial score (nSPS) is 19.1. The highest BCUT2D eigenvalue weighted by Gasteiger charge is 2.40. The lowest BCUT2D eigenvalue weighted by atomic mass is 9.94. The molecule has 3 rings (SSSR count). The molecule has 1 aromatic carbocycles. The van der Waals surface area contributed by atoms with Gasteiger partial charge in [0.1, 0.15) is 10.9 Å². The topological polar surface area (TPSA) is 103 Å². The molecule has 2 N–H and O–H groups in total. The fourth-order valence-electron chi connectivity index (χ4n) is 2.57. The highest BCUT2D eigenvalue weighted by atomic mass is 32.2. The minimum Gasteiger partial charge on any atom is -0.480 e. The van der Waals surface area contributed by atoms with Gasteiger partial charge in [-0.25, -0.2) is 8.42 Å². The van der Waals surface area contributed by atoms with Crippen molar-refractivity contribution in [2.75, 3.05) is 6.54 Å². The number of carboxylic acid groups (broad SMARTS) is 1. The maximum absolute atomic E-state index is 12.6. The third-order valence-corrected chi connectivity index (χ3v) is 5.38. The summed E-state index contributed by atoms with van der Waals surface area (Å²) in [6.45, 7) is 0.126. The maximum atomic E-state index is 12.6. The molecular formula is C13H13N3O4S. The van der Waals surface area contributed by atoms with Gasteiger partial charge in [0.2, 0.25) is 10.0 Å². The van der Waals surface area contributed by atoms with Crippen molar-refractivity contribution in [3.05, 3.63) is 47.8 Å². The number of sulfonamides is 1. The summed E-state index contributed by atoms with van der Waals surface area (Å²) in [6.07, 6.45) is 2.90. The molecule has 0 saturated carbocycles. The van der Waals surface area contributed by atoms with Crippen molar-refractivity contribution in [3.8, 4) is 0 Å². The van der Waals surface area contributed by atoms with Gasteiger partial charge in [-0.1, -0.05) is 24.3 Å². The van der Waals surface area contributed by atoms with Gasteiger partial charge in [0, 0.05) is 12.7 Å². The first-order valence-corrected chi connectivity index (χ1v) is 7.77. The summed E-state index contributed by atoms with van der Waals surface area (Å²) in [4.78, 5) is 11.6. The molecule has 2 heterocycles. The third-order valence-electron chi connectivity index (χ3n) is 3.55. The minimum atomic E-state index is -3.90. The van der Waals surface area contributed by atoms with Crippen molar-refractivity contribution in [1.29, 1.82) is 0 Å². The SMILES string of the molecule is O=C(O)C1c2ccccc2CCN1S(=O)(=O)c1cn[nH]c1. The van der Waals surface area contributed by atoms with E-state index in [1.54, 1.807) is 12.1 Å². The molecule has 0 saturated heterocycles. The molecule has 1 atom stereocenters. The Morgan fingerprint density at radius 3 is 2.81 bits per heavy atom. The first-order valence-electron chi connectivity index (χ1n) is 6.33. The fraction of sp³-hybridized carbons (Fsp3) is 0.231. The number of rotatable bonds is 3. The Bertz CT molecular complexity index is 770. The van der Waals surface area contributed by atoms with Gasteiger partial charge in [-0.3, -0.25) is 9.89 Å². The van der Waals surface area contributed by atoms with Crippen LogP contribution in [-0.4, -0.2) is 40.5 Å². The van der Waals surface area contributed by atoms with E-state index in [-0.39, 0.29) is 11.4 Å². The molecule has 0 amide bonds. The predicted octanol–water partition coefficient (Wildman–Crippen LogP) is 0.782. The molecule has 1 unspecified atom stereocenters. The van der Waals surface area contributed by atoms with E-state index in [0.717, 1.165) is 9.87 Å². The summed E-state index contributed by atoms with van der Waals surface area (Å²) in [5.41, 5.74) is 1.38. The second kappa shape index (κ2) is 4.97. The number of hydrogen-bond donors (Lipinski definition) is 2. The Labute approximate surface area is 121 Å². The minimum absolute atomic E-state index is 0.0341. The zero-order chi connectivity index (χ0) is 15.0. The molecule has 0 spiro atoms. The second-order valence-corrected chi connectivity index (χ2v) is 6.63. The van der Waals surface area contributed by atoms with E-state index in [0.29, 0.717) is 12.0 Å². The first kappa shape index (κ1) is 13.8. The molecular weight excluding hydrogens is 294 g/mol. The highest BCUT2D eigenvalue weighted by Crippen LogP contribution is 2.34. The summed E-state index contributed by atoms with van der Waals surface area (Å²) < 4.78 is 26.2. The van der Waals surface area contributed by atoms with E-state index in [1.807, 2.05) is 12.1 Å². The number of benzene rings is 1. The van der Waals surface area contributed by atoms with Crippen LogP contribution in [0.3, 0.4) is 0 Å². The first-order chi connectivity index (χ1) is 10.0. The van der Waals surface area contributed by atoms with Crippen LogP contribution in [0.15, 0.2) is 41.6 Å². The van der Waals surface area contributed by atoms with Gasteiger partial charge in [-0.05, 0) is 17.5 Å². The number of aliphatic carboxylic acids is 1. The Kier molecular flexibility index (Phi) is 3.26. The smallest absolute Gasteiger partial charge is 0.326 e. The fourth-order valence-corrected chi connectivity index (χ4v) is 4.05. The van der Waals surface area contributed by atoms with Crippen LogP contribution >= 0.6 is 0 Å². The lowest BCUT2D eigenvalue weighted by molar-refractivity contribution is -0.142. The van der Waals surface area contributed by atoms with Crippen LogP contribution in [-0.2, 0) is 21.2 Å². The van der Waals surface area contributed by atoms with Crippen LogP contribution < -0.4 is 0 Å². The van der Waals surface area contributed by atoms with Gasteiger partial charge >= 0.3 is 5.97 Å². The molecule has 1 aliphatic heterocycles. The van der Waals surface area contributed by atoms with E-state index >= 15 is 0 Å². The molecule has 0 fully saturated rings. The van der Waals surface area contributed by atoms with Gasteiger partial charge < -0.3 is 5.11 Å². The van der Waals surface area contributed by atoms with Crippen molar-refractivity contribution >= 4 is 16.0 Å². The molecule has 2 aromatic rings. The molecule has 0 aliphatic carbocycles. The largest absolute Gasteiger partial charge is 0.480 e. The maximum Gasteiger partial charge on any atom is 0.326 e. The molecule has 7 nitrogen and oxygen atoms in total. The van der Waals surface area contributed by atoms with E-state index in [1.165, 1.54) is 12.4 Å². The quantitative estimate of drug-likeness (QED) is 0.872. The molecule has 0 radical (unpaired) electrons. The van der Waals surface area contributed by atoms with E-state index in [2.05, 4.69) is 10.2 Å². The number of carbonyl (C=O) groups is 1. The molecule has 0 bridgehead atoms. The number of carboxylic acids is 1. The van der Waals surface area contributed by atoms with Crippen molar-refractivity contribution in [3.63, 3.8) is 0 Å². The molecule has 1 aliphatic rings. The van der Waals surface area contributed by atoms with E-state index in [4.69, 9.17) is 0 Å². The molecule has 8 heteroatoms. The number of aromatic nitrogens is 2. The van der Waals surface area contributed by atoms with Gasteiger partial charge in [0.25, 0.3) is 0 Å². The van der Waals surface area contributed by atoms with Crippen LogP contribution in [0.5, 0.6) is 0 Å². The average molecular weight is 307 g/mol. The number of aromatic amines is 1. The lowest BCUT2D eigenvalue weighted by Gasteiger charge is -2.33. The van der Waals surface area contributed by atoms with Gasteiger partial charge in [-0.2, -0.15) is 9.40 Å². The Balaban J connectivity index is 2.10. The number of nitrogens with zero attached hydrogens (tertiary/aromatic N) is 2. The van der Waals surface area contributed by atoms with Gasteiger partial charge in [0.15, 0.2) is 0 Å². The lowest BCUT2D eigenvalue weighted by Crippen LogP contribution is -2.43. The highest BCUT2D eigenvalue weighted by molar-refractivity contribution is 7.89. The monoisotopic (exact) mass is 307 g/mol. The Morgan fingerprint density at radius 2 is 2.14 bits per heavy atom. The van der Waals surface area contributed by atoms with Gasteiger partial charge in [0.05, 0.1) is 6.20 Å². The Hall–Kier alpha value is -2.19. The molecule has 110 valence electrons. The summed E-state index contributed by atoms with van der Waals surface area (Å²) in [6, 6.07) is 5.80. The average Bonchev–Trinajstić information content (AvgIpc) is 3.00. The second-order valence-electron chi connectivity index (χ2n) is 4.74. The summed E-state index contributed by atoms with van der Waals surface area (Å²) in [5, 5.41) is 15.5. The van der Waals surface area contributed by atoms with Crippen LogP contribution in [0.1, 0.15) is 17.2 Å².